The topological polar surface area (TPSA) is 0 Å². The van der Waals surface area contributed by atoms with Crippen molar-refractivity contribution in [3.05, 3.63) is 96.0 Å². The van der Waals surface area contributed by atoms with Gasteiger partial charge in [0, 0.05) is 5.02 Å². The van der Waals surface area contributed by atoms with Crippen LogP contribution in [0.2, 0.25) is 5.02 Å². The molecule has 0 radical (unpaired) electrons. The lowest BCUT2D eigenvalue weighted by molar-refractivity contribution is 1.71. The Bertz CT molecular complexity index is 746. The molecule has 0 amide bonds. The van der Waals surface area contributed by atoms with E-state index in [0.29, 0.717) is 0 Å². The zero-order valence-corrected chi connectivity index (χ0v) is 12.3. The van der Waals surface area contributed by atoms with E-state index in [1.54, 1.807) is 0 Å². The van der Waals surface area contributed by atoms with Gasteiger partial charge in [-0.1, -0.05) is 78.3 Å². The Labute approximate surface area is 129 Å². The third-order valence-corrected chi connectivity index (χ3v) is 3.60. The highest BCUT2D eigenvalue weighted by molar-refractivity contribution is 6.30. The minimum Gasteiger partial charge on any atom is -0.0843 e. The molecule has 0 saturated heterocycles. The van der Waals surface area contributed by atoms with Crippen molar-refractivity contribution in [3.63, 3.8) is 0 Å². The zero-order valence-electron chi connectivity index (χ0n) is 11.5. The highest BCUT2D eigenvalue weighted by atomic mass is 35.5. The monoisotopic (exact) mass is 290 g/mol. The SMILES string of the molecule is Clc1ccccc1.c1ccc2cc3ccccc3cc2c1. The summed E-state index contributed by atoms with van der Waals surface area (Å²) in [7, 11) is 0. The van der Waals surface area contributed by atoms with E-state index in [1.807, 2.05) is 30.3 Å². The maximum atomic E-state index is 5.54. The van der Waals surface area contributed by atoms with Gasteiger partial charge < -0.3 is 0 Å². The predicted molar refractivity (Wildman–Crippen MR) is 92.9 cm³/mol. The van der Waals surface area contributed by atoms with Gasteiger partial charge in [0.1, 0.15) is 0 Å². The summed E-state index contributed by atoms with van der Waals surface area (Å²) in [5.41, 5.74) is 0. The normalized spacial score (nSPS) is 10.1. The largest absolute Gasteiger partial charge is 0.0843 e. The Kier molecular flexibility index (Phi) is 4.18. The third-order valence-electron chi connectivity index (χ3n) is 3.35. The second-order valence-electron chi connectivity index (χ2n) is 4.84. The van der Waals surface area contributed by atoms with E-state index in [2.05, 4.69) is 60.7 Å². The highest BCUT2D eigenvalue weighted by Gasteiger charge is 1.95. The Morgan fingerprint density at radius 1 is 0.429 bits per heavy atom. The van der Waals surface area contributed by atoms with Gasteiger partial charge in [-0.25, -0.2) is 0 Å². The number of rotatable bonds is 0. The molecule has 0 unspecified atom stereocenters. The summed E-state index contributed by atoms with van der Waals surface area (Å²) in [6.07, 6.45) is 0. The lowest BCUT2D eigenvalue weighted by Gasteiger charge is -2.00. The smallest absolute Gasteiger partial charge is 0.0405 e. The molecule has 4 aromatic carbocycles. The standard InChI is InChI=1S/C14H10.C6H5Cl/c1-2-6-12-10-14-8-4-3-7-13(14)9-11(12)5-1;7-6-4-2-1-3-5-6/h1-10H;1-5H. The molecular weight excluding hydrogens is 276 g/mol. The van der Waals surface area contributed by atoms with Gasteiger partial charge in [0.05, 0.1) is 0 Å². The fourth-order valence-electron chi connectivity index (χ4n) is 2.30. The number of hydrogen-bond donors (Lipinski definition) is 0. The minimum atomic E-state index is 0.794. The Morgan fingerprint density at radius 2 is 0.762 bits per heavy atom. The summed E-state index contributed by atoms with van der Waals surface area (Å²) in [5.74, 6) is 0. The summed E-state index contributed by atoms with van der Waals surface area (Å²) >= 11 is 5.54. The quantitative estimate of drug-likeness (QED) is 0.332. The van der Waals surface area contributed by atoms with Crippen LogP contribution in [-0.4, -0.2) is 0 Å². The highest BCUT2D eigenvalue weighted by Crippen LogP contribution is 2.21. The van der Waals surface area contributed by atoms with Gasteiger partial charge in [-0.2, -0.15) is 0 Å². The molecule has 4 aromatic rings. The van der Waals surface area contributed by atoms with Crippen molar-refractivity contribution in [1.82, 2.24) is 0 Å². The van der Waals surface area contributed by atoms with Crippen molar-refractivity contribution < 1.29 is 0 Å². The van der Waals surface area contributed by atoms with Crippen LogP contribution >= 0.6 is 11.6 Å². The summed E-state index contributed by atoms with van der Waals surface area (Å²) in [5, 5.41) is 6.04. The Hall–Kier alpha value is -2.31. The second-order valence-corrected chi connectivity index (χ2v) is 5.28. The average Bonchev–Trinajstić information content (AvgIpc) is 2.54. The lowest BCUT2D eigenvalue weighted by atomic mass is 10.0. The fourth-order valence-corrected chi connectivity index (χ4v) is 2.44. The molecule has 0 heterocycles. The summed E-state index contributed by atoms with van der Waals surface area (Å²) in [6, 6.07) is 30.9. The summed E-state index contributed by atoms with van der Waals surface area (Å²) < 4.78 is 0. The molecule has 0 spiro atoms. The summed E-state index contributed by atoms with van der Waals surface area (Å²) in [4.78, 5) is 0. The fraction of sp³-hybridized carbons (Fsp3) is 0. The Morgan fingerprint density at radius 3 is 1.05 bits per heavy atom. The van der Waals surface area contributed by atoms with E-state index >= 15 is 0 Å². The average molecular weight is 291 g/mol. The molecule has 21 heavy (non-hydrogen) atoms. The molecule has 1 heteroatoms. The van der Waals surface area contributed by atoms with Gasteiger partial charge in [-0.05, 0) is 45.8 Å². The number of halogens is 1. The van der Waals surface area contributed by atoms with Crippen LogP contribution in [0.1, 0.15) is 0 Å². The van der Waals surface area contributed by atoms with Crippen LogP contribution in [-0.2, 0) is 0 Å². The molecular formula is C20H15Cl. The van der Waals surface area contributed by atoms with Gasteiger partial charge in [0.15, 0.2) is 0 Å². The Balaban J connectivity index is 0.000000160. The maximum absolute atomic E-state index is 5.54. The molecule has 0 fully saturated rings. The minimum absolute atomic E-state index is 0.794. The summed E-state index contributed by atoms with van der Waals surface area (Å²) in [6.45, 7) is 0. The van der Waals surface area contributed by atoms with Gasteiger partial charge in [-0.3, -0.25) is 0 Å². The van der Waals surface area contributed by atoms with E-state index in [4.69, 9.17) is 11.6 Å². The van der Waals surface area contributed by atoms with Crippen molar-refractivity contribution in [3.8, 4) is 0 Å². The molecule has 0 nitrogen and oxygen atoms in total. The number of benzene rings is 4. The first-order chi connectivity index (χ1) is 10.3. The molecule has 0 aromatic heterocycles. The van der Waals surface area contributed by atoms with Crippen molar-refractivity contribution in [2.45, 2.75) is 0 Å². The van der Waals surface area contributed by atoms with Gasteiger partial charge in [-0.15, -0.1) is 0 Å². The third kappa shape index (κ3) is 3.42. The molecule has 102 valence electrons. The zero-order chi connectivity index (χ0) is 14.5. The first-order valence-electron chi connectivity index (χ1n) is 6.91. The number of fused-ring (bicyclic) bond motifs is 2. The van der Waals surface area contributed by atoms with Crippen LogP contribution in [0.15, 0.2) is 91.0 Å². The van der Waals surface area contributed by atoms with E-state index in [9.17, 15) is 0 Å². The van der Waals surface area contributed by atoms with Gasteiger partial charge >= 0.3 is 0 Å². The maximum Gasteiger partial charge on any atom is 0.0405 e. The number of hydrogen-bond acceptors (Lipinski definition) is 0. The van der Waals surface area contributed by atoms with Crippen LogP contribution in [0.25, 0.3) is 21.5 Å². The van der Waals surface area contributed by atoms with Crippen LogP contribution in [0.3, 0.4) is 0 Å². The first-order valence-corrected chi connectivity index (χ1v) is 7.29. The van der Waals surface area contributed by atoms with Crippen molar-refractivity contribution in [1.29, 1.82) is 0 Å². The van der Waals surface area contributed by atoms with Crippen LogP contribution in [0.4, 0.5) is 0 Å². The van der Waals surface area contributed by atoms with E-state index < -0.39 is 0 Å². The van der Waals surface area contributed by atoms with Crippen LogP contribution < -0.4 is 0 Å². The molecule has 0 aliphatic heterocycles. The first kappa shape index (κ1) is 13.7. The molecule has 0 aliphatic rings. The van der Waals surface area contributed by atoms with Crippen molar-refractivity contribution in [2.24, 2.45) is 0 Å². The van der Waals surface area contributed by atoms with E-state index in [-0.39, 0.29) is 0 Å². The van der Waals surface area contributed by atoms with Crippen molar-refractivity contribution >= 4 is 33.1 Å². The van der Waals surface area contributed by atoms with Crippen molar-refractivity contribution in [2.75, 3.05) is 0 Å². The molecule has 4 rings (SSSR count). The predicted octanol–water partition coefficient (Wildman–Crippen LogP) is 6.33. The second kappa shape index (κ2) is 6.43. The van der Waals surface area contributed by atoms with Gasteiger partial charge in [0.2, 0.25) is 0 Å². The van der Waals surface area contributed by atoms with Crippen LogP contribution in [0, 0.1) is 0 Å². The van der Waals surface area contributed by atoms with Crippen LogP contribution in [0.5, 0.6) is 0 Å². The molecule has 0 N–H and O–H groups in total. The molecule has 0 atom stereocenters. The van der Waals surface area contributed by atoms with E-state index in [0.717, 1.165) is 5.02 Å². The molecule has 0 saturated carbocycles. The lowest BCUT2D eigenvalue weighted by Crippen LogP contribution is -1.74. The molecule has 0 aliphatic carbocycles. The van der Waals surface area contributed by atoms with E-state index in [1.165, 1.54) is 21.5 Å². The molecule has 0 bridgehead atoms. The van der Waals surface area contributed by atoms with Gasteiger partial charge in [0.25, 0.3) is 0 Å².